The van der Waals surface area contributed by atoms with E-state index in [1.807, 2.05) is 0 Å². The van der Waals surface area contributed by atoms with E-state index in [9.17, 15) is 9.18 Å². The van der Waals surface area contributed by atoms with Gasteiger partial charge in [-0.05, 0) is 44.0 Å². The van der Waals surface area contributed by atoms with Gasteiger partial charge in [0.25, 0.3) is 5.91 Å². The highest BCUT2D eigenvalue weighted by molar-refractivity contribution is 5.95. The van der Waals surface area contributed by atoms with Crippen molar-refractivity contribution >= 4 is 5.91 Å². The summed E-state index contributed by atoms with van der Waals surface area (Å²) in [5, 5.41) is 3.78. The fraction of sp³-hybridized carbons (Fsp3) is 0.400. The summed E-state index contributed by atoms with van der Waals surface area (Å²) in [6.07, 6.45) is 0.799. The van der Waals surface area contributed by atoms with E-state index >= 15 is 0 Å². The second-order valence-electron chi connectivity index (χ2n) is 5.38. The van der Waals surface area contributed by atoms with Crippen LogP contribution in [-0.2, 0) is 0 Å². The Kier molecular flexibility index (Phi) is 3.45. The summed E-state index contributed by atoms with van der Waals surface area (Å²) in [7, 11) is 0. The lowest BCUT2D eigenvalue weighted by Gasteiger charge is -2.17. The highest BCUT2D eigenvalue weighted by atomic mass is 19.1. The van der Waals surface area contributed by atoms with Crippen LogP contribution in [0.25, 0.3) is 0 Å². The molecule has 1 aliphatic heterocycles. The maximum absolute atomic E-state index is 13.1. The molecule has 3 rings (SSSR count). The Morgan fingerprint density at radius 3 is 2.90 bits per heavy atom. The summed E-state index contributed by atoms with van der Waals surface area (Å²) in [5.74, 6) is 0.856. The van der Waals surface area contributed by atoms with E-state index in [1.54, 1.807) is 18.7 Å². The van der Waals surface area contributed by atoms with Gasteiger partial charge in [-0.1, -0.05) is 5.16 Å². The molecule has 5 nitrogen and oxygen atoms in total. The van der Waals surface area contributed by atoms with E-state index in [0.717, 1.165) is 6.42 Å². The molecule has 110 valence electrons. The van der Waals surface area contributed by atoms with Crippen LogP contribution in [0.15, 0.2) is 22.7 Å². The first-order chi connectivity index (χ1) is 10.0. The first-order valence-corrected chi connectivity index (χ1v) is 6.90. The van der Waals surface area contributed by atoms with E-state index in [0.29, 0.717) is 35.9 Å². The molecule has 2 heterocycles. The van der Waals surface area contributed by atoms with Gasteiger partial charge >= 0.3 is 0 Å². The van der Waals surface area contributed by atoms with Gasteiger partial charge in [-0.2, -0.15) is 4.98 Å². The van der Waals surface area contributed by atoms with Gasteiger partial charge in [0, 0.05) is 18.7 Å². The molecule has 1 aromatic heterocycles. The number of likely N-dealkylation sites (tertiary alicyclic amines) is 1. The molecule has 0 aliphatic carbocycles. The fourth-order valence-corrected chi connectivity index (χ4v) is 2.66. The molecule has 1 saturated heterocycles. The summed E-state index contributed by atoms with van der Waals surface area (Å²) in [4.78, 5) is 18.5. The molecule has 1 atom stereocenters. The second-order valence-corrected chi connectivity index (χ2v) is 5.38. The predicted octanol–water partition coefficient (Wildman–Crippen LogP) is 2.46. The number of halogens is 1. The van der Waals surface area contributed by atoms with Gasteiger partial charge in [-0.15, -0.1) is 0 Å². The van der Waals surface area contributed by atoms with Crippen molar-refractivity contribution < 1.29 is 13.7 Å². The standard InChI is InChI=1S/C15H16FN3O2/c1-9-7-12(16)3-4-13(9)15(20)19-6-5-11(8-19)14-17-10(2)18-21-14/h3-4,7,11H,5-6,8H2,1-2H3/t11-/m1/s1. The Balaban J connectivity index is 1.75. The zero-order valence-corrected chi connectivity index (χ0v) is 12.0. The molecule has 6 heteroatoms. The smallest absolute Gasteiger partial charge is 0.254 e. The number of aromatic nitrogens is 2. The summed E-state index contributed by atoms with van der Waals surface area (Å²) in [5.41, 5.74) is 1.19. The molecule has 1 amide bonds. The van der Waals surface area contributed by atoms with Gasteiger partial charge in [0.1, 0.15) is 5.82 Å². The minimum absolute atomic E-state index is 0.0776. The lowest BCUT2D eigenvalue weighted by molar-refractivity contribution is 0.0789. The van der Waals surface area contributed by atoms with Crippen molar-refractivity contribution in [3.63, 3.8) is 0 Å². The average molecular weight is 289 g/mol. The van der Waals surface area contributed by atoms with E-state index in [4.69, 9.17) is 4.52 Å². The zero-order chi connectivity index (χ0) is 15.0. The van der Waals surface area contributed by atoms with E-state index in [-0.39, 0.29) is 17.6 Å². The Morgan fingerprint density at radius 2 is 2.24 bits per heavy atom. The maximum atomic E-state index is 13.1. The number of rotatable bonds is 2. The average Bonchev–Trinajstić information content (AvgIpc) is 3.06. The zero-order valence-electron chi connectivity index (χ0n) is 12.0. The number of amides is 1. The first-order valence-electron chi connectivity index (χ1n) is 6.90. The lowest BCUT2D eigenvalue weighted by atomic mass is 10.1. The minimum atomic E-state index is -0.329. The Hall–Kier alpha value is -2.24. The molecule has 0 saturated carbocycles. The second kappa shape index (κ2) is 5.27. The number of aryl methyl sites for hydroxylation is 2. The normalized spacial score (nSPS) is 18.2. The molecule has 0 unspecified atom stereocenters. The quantitative estimate of drug-likeness (QED) is 0.852. The molecule has 2 aromatic rings. The number of hydrogen-bond donors (Lipinski definition) is 0. The summed E-state index contributed by atoms with van der Waals surface area (Å²) >= 11 is 0. The van der Waals surface area contributed by atoms with Crippen molar-refractivity contribution in [1.82, 2.24) is 15.0 Å². The van der Waals surface area contributed by atoms with Gasteiger partial charge in [-0.25, -0.2) is 4.39 Å². The van der Waals surface area contributed by atoms with Crippen molar-refractivity contribution in [2.75, 3.05) is 13.1 Å². The number of hydrogen-bond acceptors (Lipinski definition) is 4. The topological polar surface area (TPSA) is 59.2 Å². The SMILES string of the molecule is Cc1noc([C@@H]2CCN(C(=O)c3ccc(F)cc3C)C2)n1. The van der Waals surface area contributed by atoms with Crippen molar-refractivity contribution in [2.24, 2.45) is 0 Å². The van der Waals surface area contributed by atoms with Gasteiger partial charge < -0.3 is 9.42 Å². The van der Waals surface area contributed by atoms with Crippen molar-refractivity contribution in [1.29, 1.82) is 0 Å². The summed E-state index contributed by atoms with van der Waals surface area (Å²) in [6.45, 7) is 4.71. The Morgan fingerprint density at radius 1 is 1.43 bits per heavy atom. The number of benzene rings is 1. The van der Waals surface area contributed by atoms with Gasteiger partial charge in [0.2, 0.25) is 5.89 Å². The van der Waals surface area contributed by atoms with Crippen LogP contribution in [0.2, 0.25) is 0 Å². The number of carbonyl (C=O) groups excluding carboxylic acids is 1. The molecule has 21 heavy (non-hydrogen) atoms. The number of nitrogens with zero attached hydrogens (tertiary/aromatic N) is 3. The van der Waals surface area contributed by atoms with E-state index in [2.05, 4.69) is 10.1 Å². The molecular weight excluding hydrogens is 273 g/mol. The summed E-state index contributed by atoms with van der Waals surface area (Å²) < 4.78 is 18.3. The predicted molar refractivity (Wildman–Crippen MR) is 73.4 cm³/mol. The molecule has 0 spiro atoms. The van der Waals surface area contributed by atoms with Crippen LogP contribution in [0.1, 0.15) is 40.0 Å². The first kappa shape index (κ1) is 13.7. The largest absolute Gasteiger partial charge is 0.339 e. The van der Waals surface area contributed by atoms with Gasteiger partial charge in [0.15, 0.2) is 5.82 Å². The van der Waals surface area contributed by atoms with Crippen molar-refractivity contribution in [2.45, 2.75) is 26.2 Å². The van der Waals surface area contributed by atoms with Crippen LogP contribution in [0, 0.1) is 19.7 Å². The summed E-state index contributed by atoms with van der Waals surface area (Å²) in [6, 6.07) is 4.23. The Bertz CT molecular complexity index is 683. The third-order valence-electron chi connectivity index (χ3n) is 3.79. The van der Waals surface area contributed by atoms with Crippen LogP contribution < -0.4 is 0 Å². The van der Waals surface area contributed by atoms with Gasteiger partial charge in [-0.3, -0.25) is 4.79 Å². The third-order valence-corrected chi connectivity index (χ3v) is 3.79. The van der Waals surface area contributed by atoms with Crippen LogP contribution >= 0.6 is 0 Å². The lowest BCUT2D eigenvalue weighted by Crippen LogP contribution is -2.29. The van der Waals surface area contributed by atoms with E-state index in [1.165, 1.54) is 18.2 Å². The van der Waals surface area contributed by atoms with Crippen molar-refractivity contribution in [3.05, 3.63) is 46.9 Å². The molecular formula is C15H16FN3O2. The molecule has 1 fully saturated rings. The van der Waals surface area contributed by atoms with Crippen LogP contribution in [0.3, 0.4) is 0 Å². The highest BCUT2D eigenvalue weighted by Gasteiger charge is 2.31. The molecule has 0 N–H and O–H groups in total. The maximum Gasteiger partial charge on any atom is 0.254 e. The fourth-order valence-electron chi connectivity index (χ4n) is 2.66. The van der Waals surface area contributed by atoms with Crippen LogP contribution in [-0.4, -0.2) is 34.0 Å². The van der Waals surface area contributed by atoms with E-state index < -0.39 is 0 Å². The molecule has 1 aliphatic rings. The minimum Gasteiger partial charge on any atom is -0.339 e. The monoisotopic (exact) mass is 289 g/mol. The molecule has 1 aromatic carbocycles. The van der Waals surface area contributed by atoms with Crippen LogP contribution in [0.5, 0.6) is 0 Å². The molecule has 0 radical (unpaired) electrons. The third kappa shape index (κ3) is 2.66. The van der Waals surface area contributed by atoms with Gasteiger partial charge in [0.05, 0.1) is 5.92 Å². The molecule has 0 bridgehead atoms. The highest BCUT2D eigenvalue weighted by Crippen LogP contribution is 2.27. The van der Waals surface area contributed by atoms with Crippen LogP contribution in [0.4, 0.5) is 4.39 Å². The number of carbonyl (C=O) groups is 1. The Labute approximate surface area is 121 Å². The van der Waals surface area contributed by atoms with Crippen molar-refractivity contribution in [3.8, 4) is 0 Å².